The molecular formula is C20H19N5O3S. The number of para-hydroxylation sites is 1. The molecule has 0 radical (unpaired) electrons. The Morgan fingerprint density at radius 1 is 1.28 bits per heavy atom. The molecule has 0 spiro atoms. The number of H-pyrrole nitrogens is 1. The third-order valence-electron chi connectivity index (χ3n) is 4.88. The van der Waals surface area contributed by atoms with E-state index in [1.807, 2.05) is 13.0 Å². The maximum Gasteiger partial charge on any atom is 0.264 e. The smallest absolute Gasteiger partial charge is 0.264 e. The maximum absolute atomic E-state index is 13.2. The Morgan fingerprint density at radius 3 is 2.79 bits per heavy atom. The second kappa shape index (κ2) is 7.25. The van der Waals surface area contributed by atoms with Crippen LogP contribution in [0.25, 0.3) is 21.1 Å². The fraction of sp³-hybridized carbons (Fsp3) is 0.250. The molecule has 0 fully saturated rings. The molecule has 0 aliphatic carbocycles. The van der Waals surface area contributed by atoms with Crippen LogP contribution >= 0.6 is 11.3 Å². The number of benzene rings is 1. The number of nitrogens with one attached hydrogen (secondary N) is 1. The molecule has 1 N–H and O–H groups in total. The number of carbonyl (C=O) groups excluding carboxylic acids is 1. The molecule has 0 atom stereocenters. The zero-order valence-corrected chi connectivity index (χ0v) is 17.0. The minimum absolute atomic E-state index is 0.161. The van der Waals surface area contributed by atoms with Gasteiger partial charge >= 0.3 is 0 Å². The van der Waals surface area contributed by atoms with E-state index in [2.05, 4.69) is 15.0 Å². The summed E-state index contributed by atoms with van der Waals surface area (Å²) in [6.07, 6.45) is 1.45. The molecule has 4 rings (SSSR count). The van der Waals surface area contributed by atoms with Crippen LogP contribution in [0.5, 0.6) is 0 Å². The molecule has 1 amide bonds. The maximum atomic E-state index is 13.2. The number of aromatic amines is 1. The lowest BCUT2D eigenvalue weighted by atomic mass is 10.2. The quantitative estimate of drug-likeness (QED) is 0.557. The van der Waals surface area contributed by atoms with E-state index < -0.39 is 0 Å². The Balaban J connectivity index is 1.72. The third-order valence-corrected chi connectivity index (χ3v) is 6.06. The van der Waals surface area contributed by atoms with Gasteiger partial charge in [0.25, 0.3) is 17.0 Å². The van der Waals surface area contributed by atoms with Gasteiger partial charge < -0.3 is 14.5 Å². The fourth-order valence-electron chi connectivity index (χ4n) is 3.27. The summed E-state index contributed by atoms with van der Waals surface area (Å²) < 4.78 is 1.40. The standard InChI is InChI=1S/C20H19N5O3S/c1-4-25(9-14-22-13-8-6-5-7-12(13)17(26)23-14)20(28)16-11(2)15-18(29-16)21-10-24(3)19(15)27/h5-8,10H,4,9H2,1-3H3,(H,22,23,26). The van der Waals surface area contributed by atoms with Gasteiger partial charge in [-0.15, -0.1) is 11.3 Å². The van der Waals surface area contributed by atoms with Crippen molar-refractivity contribution in [2.45, 2.75) is 20.4 Å². The summed E-state index contributed by atoms with van der Waals surface area (Å²) in [6.45, 7) is 4.21. The molecule has 0 saturated heterocycles. The molecule has 0 bridgehead atoms. The number of amides is 1. The fourth-order valence-corrected chi connectivity index (χ4v) is 4.38. The normalized spacial score (nSPS) is 11.3. The van der Waals surface area contributed by atoms with Crippen LogP contribution in [0, 0.1) is 6.92 Å². The molecule has 4 aromatic rings. The summed E-state index contributed by atoms with van der Waals surface area (Å²) in [7, 11) is 1.63. The Kier molecular flexibility index (Phi) is 4.75. The molecule has 3 aromatic heterocycles. The first-order valence-corrected chi connectivity index (χ1v) is 9.94. The van der Waals surface area contributed by atoms with Crippen molar-refractivity contribution >= 4 is 38.4 Å². The van der Waals surface area contributed by atoms with Gasteiger partial charge in [-0.1, -0.05) is 12.1 Å². The highest BCUT2D eigenvalue weighted by Crippen LogP contribution is 2.28. The van der Waals surface area contributed by atoms with E-state index in [4.69, 9.17) is 0 Å². The average Bonchev–Trinajstić information content (AvgIpc) is 3.05. The van der Waals surface area contributed by atoms with Gasteiger partial charge in [0.05, 0.1) is 34.0 Å². The Hall–Kier alpha value is -3.33. The van der Waals surface area contributed by atoms with Gasteiger partial charge in [0, 0.05) is 13.6 Å². The molecule has 29 heavy (non-hydrogen) atoms. The zero-order chi connectivity index (χ0) is 20.7. The van der Waals surface area contributed by atoms with E-state index in [0.717, 1.165) is 0 Å². The summed E-state index contributed by atoms with van der Waals surface area (Å²) >= 11 is 1.21. The van der Waals surface area contributed by atoms with Crippen LogP contribution in [-0.2, 0) is 13.6 Å². The van der Waals surface area contributed by atoms with Gasteiger partial charge in [-0.05, 0) is 31.5 Å². The molecular weight excluding hydrogens is 390 g/mol. The summed E-state index contributed by atoms with van der Waals surface area (Å²) in [4.78, 5) is 52.1. The van der Waals surface area contributed by atoms with Crippen LogP contribution in [0.1, 0.15) is 28.0 Å². The molecule has 0 saturated carbocycles. The Bertz CT molecular complexity index is 1370. The molecule has 9 heteroatoms. The highest BCUT2D eigenvalue weighted by molar-refractivity contribution is 7.20. The van der Waals surface area contributed by atoms with Gasteiger partial charge in [-0.25, -0.2) is 9.97 Å². The lowest BCUT2D eigenvalue weighted by molar-refractivity contribution is 0.0753. The first kappa shape index (κ1) is 19.0. The third kappa shape index (κ3) is 3.23. The first-order chi connectivity index (χ1) is 13.9. The predicted molar refractivity (Wildman–Crippen MR) is 112 cm³/mol. The van der Waals surface area contributed by atoms with E-state index in [0.29, 0.717) is 43.9 Å². The number of hydrogen-bond acceptors (Lipinski definition) is 6. The molecule has 1 aromatic carbocycles. The average molecular weight is 409 g/mol. The molecule has 8 nitrogen and oxygen atoms in total. The van der Waals surface area contributed by atoms with Gasteiger partial charge in [-0.3, -0.25) is 14.4 Å². The van der Waals surface area contributed by atoms with Crippen molar-refractivity contribution in [2.75, 3.05) is 6.54 Å². The highest BCUT2D eigenvalue weighted by atomic mass is 32.1. The predicted octanol–water partition coefficient (Wildman–Crippen LogP) is 2.20. The van der Waals surface area contributed by atoms with Crippen LogP contribution in [0.15, 0.2) is 40.2 Å². The molecule has 0 aliphatic heterocycles. The lowest BCUT2D eigenvalue weighted by Gasteiger charge is -2.20. The summed E-state index contributed by atoms with van der Waals surface area (Å²) in [5.74, 6) is 0.197. The lowest BCUT2D eigenvalue weighted by Crippen LogP contribution is -2.31. The van der Waals surface area contributed by atoms with E-state index in [1.54, 1.807) is 37.1 Å². The number of rotatable bonds is 4. The van der Waals surface area contributed by atoms with Crippen LogP contribution in [0.2, 0.25) is 0 Å². The Labute approximate surface area is 169 Å². The molecule has 3 heterocycles. The van der Waals surface area contributed by atoms with Crippen LogP contribution < -0.4 is 11.1 Å². The SMILES string of the molecule is CCN(Cc1nc2ccccc2c(=O)[nH]1)C(=O)c1sc2ncn(C)c(=O)c2c1C. The Morgan fingerprint density at radius 2 is 2.03 bits per heavy atom. The monoisotopic (exact) mass is 409 g/mol. The summed E-state index contributed by atoms with van der Waals surface area (Å²) in [5, 5.41) is 0.976. The minimum Gasteiger partial charge on any atom is -0.331 e. The molecule has 0 aliphatic rings. The summed E-state index contributed by atoms with van der Waals surface area (Å²) in [5.41, 5.74) is 0.800. The first-order valence-electron chi connectivity index (χ1n) is 9.12. The number of hydrogen-bond donors (Lipinski definition) is 1. The van der Waals surface area contributed by atoms with E-state index in [1.165, 1.54) is 22.2 Å². The number of aromatic nitrogens is 4. The van der Waals surface area contributed by atoms with Crippen LogP contribution in [0.4, 0.5) is 0 Å². The van der Waals surface area contributed by atoms with Crippen molar-refractivity contribution in [3.63, 3.8) is 0 Å². The van der Waals surface area contributed by atoms with Crippen molar-refractivity contribution in [1.82, 2.24) is 24.4 Å². The number of carbonyl (C=O) groups is 1. The van der Waals surface area contributed by atoms with Gasteiger partial charge in [-0.2, -0.15) is 0 Å². The number of thiophene rings is 1. The minimum atomic E-state index is -0.236. The van der Waals surface area contributed by atoms with Gasteiger partial charge in [0.15, 0.2) is 0 Å². The second-order valence-electron chi connectivity index (χ2n) is 6.75. The number of aryl methyl sites for hydroxylation is 2. The van der Waals surface area contributed by atoms with Crippen molar-refractivity contribution in [3.8, 4) is 0 Å². The van der Waals surface area contributed by atoms with Gasteiger partial charge in [0.1, 0.15) is 10.7 Å². The van der Waals surface area contributed by atoms with E-state index in [-0.39, 0.29) is 23.6 Å². The second-order valence-corrected chi connectivity index (χ2v) is 7.75. The number of fused-ring (bicyclic) bond motifs is 2. The zero-order valence-electron chi connectivity index (χ0n) is 16.2. The summed E-state index contributed by atoms with van der Waals surface area (Å²) in [6, 6.07) is 7.07. The molecule has 148 valence electrons. The number of nitrogens with zero attached hydrogens (tertiary/aromatic N) is 4. The van der Waals surface area contributed by atoms with E-state index in [9.17, 15) is 14.4 Å². The van der Waals surface area contributed by atoms with Crippen molar-refractivity contribution < 1.29 is 4.79 Å². The van der Waals surface area contributed by atoms with E-state index >= 15 is 0 Å². The molecule has 0 unspecified atom stereocenters. The van der Waals surface area contributed by atoms with Gasteiger partial charge in [0.2, 0.25) is 0 Å². The van der Waals surface area contributed by atoms with Crippen LogP contribution in [-0.4, -0.2) is 36.9 Å². The highest BCUT2D eigenvalue weighted by Gasteiger charge is 2.23. The van der Waals surface area contributed by atoms with Crippen molar-refractivity contribution in [3.05, 3.63) is 67.6 Å². The van der Waals surface area contributed by atoms with Crippen molar-refractivity contribution in [2.24, 2.45) is 7.05 Å². The topological polar surface area (TPSA) is 101 Å². The largest absolute Gasteiger partial charge is 0.331 e. The van der Waals surface area contributed by atoms with Crippen molar-refractivity contribution in [1.29, 1.82) is 0 Å². The van der Waals surface area contributed by atoms with Crippen LogP contribution in [0.3, 0.4) is 0 Å².